The van der Waals surface area contributed by atoms with Crippen LogP contribution in [0.5, 0.6) is 0 Å². The van der Waals surface area contributed by atoms with Gasteiger partial charge in [-0.1, -0.05) is 12.1 Å². The molecule has 2 aromatic rings. The zero-order valence-electron chi connectivity index (χ0n) is 13.3. The van der Waals surface area contributed by atoms with Gasteiger partial charge in [0.15, 0.2) is 9.84 Å². The summed E-state index contributed by atoms with van der Waals surface area (Å²) in [4.78, 5) is 12.3. The fourth-order valence-corrected chi connectivity index (χ4v) is 3.08. The second kappa shape index (κ2) is 7.46. The molecule has 6 heteroatoms. The van der Waals surface area contributed by atoms with Gasteiger partial charge >= 0.3 is 0 Å². The number of amides is 1. The Morgan fingerprint density at radius 3 is 2.70 bits per heavy atom. The van der Waals surface area contributed by atoms with E-state index in [-0.39, 0.29) is 17.7 Å². The first-order valence-corrected chi connectivity index (χ1v) is 9.49. The van der Waals surface area contributed by atoms with Gasteiger partial charge in [0.1, 0.15) is 5.76 Å². The van der Waals surface area contributed by atoms with Crippen molar-refractivity contribution in [1.82, 2.24) is 5.32 Å². The van der Waals surface area contributed by atoms with E-state index in [1.807, 2.05) is 19.1 Å². The second-order valence-electron chi connectivity index (χ2n) is 5.76. The summed E-state index contributed by atoms with van der Waals surface area (Å²) in [5.41, 5.74) is 1.08. The van der Waals surface area contributed by atoms with Crippen molar-refractivity contribution in [2.24, 2.45) is 0 Å². The van der Waals surface area contributed by atoms with Crippen molar-refractivity contribution in [3.05, 3.63) is 59.5 Å². The summed E-state index contributed by atoms with van der Waals surface area (Å²) >= 11 is 0. The second-order valence-corrected chi connectivity index (χ2v) is 7.90. The van der Waals surface area contributed by atoms with Gasteiger partial charge in [-0.3, -0.25) is 4.79 Å². The first kappa shape index (κ1) is 17.3. The van der Waals surface area contributed by atoms with Crippen LogP contribution in [0.15, 0.2) is 47.1 Å². The molecular formula is C17H21NO4S. The molecule has 0 spiro atoms. The minimum atomic E-state index is -3.12. The van der Waals surface area contributed by atoms with Crippen LogP contribution in [0.3, 0.4) is 0 Å². The van der Waals surface area contributed by atoms with E-state index in [0.29, 0.717) is 11.1 Å². The highest BCUT2D eigenvalue weighted by atomic mass is 32.2. The van der Waals surface area contributed by atoms with Gasteiger partial charge in [0.05, 0.1) is 12.0 Å². The molecule has 124 valence electrons. The molecule has 0 aliphatic carbocycles. The Kier molecular flexibility index (Phi) is 5.60. The SMILES string of the molecule is CC(CCc1ccco1)NC(=O)c1cccc(CS(C)(=O)=O)c1. The zero-order valence-corrected chi connectivity index (χ0v) is 14.1. The quantitative estimate of drug-likeness (QED) is 0.844. The van der Waals surface area contributed by atoms with Gasteiger partial charge in [0.25, 0.3) is 5.91 Å². The molecule has 1 N–H and O–H groups in total. The first-order valence-electron chi connectivity index (χ1n) is 7.43. The van der Waals surface area contributed by atoms with E-state index in [1.54, 1.807) is 30.5 Å². The van der Waals surface area contributed by atoms with E-state index in [9.17, 15) is 13.2 Å². The zero-order chi connectivity index (χ0) is 16.9. The van der Waals surface area contributed by atoms with Crippen LogP contribution >= 0.6 is 0 Å². The van der Waals surface area contributed by atoms with Crippen LogP contribution in [0.1, 0.15) is 35.0 Å². The molecule has 1 aromatic carbocycles. The molecule has 0 aliphatic rings. The van der Waals surface area contributed by atoms with E-state index in [0.717, 1.165) is 18.6 Å². The molecule has 23 heavy (non-hydrogen) atoms. The van der Waals surface area contributed by atoms with Crippen molar-refractivity contribution in [3.8, 4) is 0 Å². The Morgan fingerprint density at radius 1 is 1.26 bits per heavy atom. The number of hydrogen-bond donors (Lipinski definition) is 1. The monoisotopic (exact) mass is 335 g/mol. The van der Waals surface area contributed by atoms with Crippen molar-refractivity contribution in [2.75, 3.05) is 6.26 Å². The number of hydrogen-bond acceptors (Lipinski definition) is 4. The van der Waals surface area contributed by atoms with Gasteiger partial charge in [-0.2, -0.15) is 0 Å². The molecule has 2 rings (SSSR count). The Hall–Kier alpha value is -2.08. The first-order chi connectivity index (χ1) is 10.8. The average Bonchev–Trinajstić information content (AvgIpc) is 2.97. The molecule has 1 amide bonds. The number of rotatable bonds is 7. The van der Waals surface area contributed by atoms with Crippen molar-refractivity contribution in [2.45, 2.75) is 31.6 Å². The Bertz CT molecular complexity index is 751. The Labute approximate surface area is 136 Å². The van der Waals surface area contributed by atoms with Gasteiger partial charge in [-0.25, -0.2) is 8.42 Å². The number of furan rings is 1. The summed E-state index contributed by atoms with van der Waals surface area (Å²) in [5, 5.41) is 2.92. The minimum Gasteiger partial charge on any atom is -0.469 e. The van der Waals surface area contributed by atoms with Gasteiger partial charge in [-0.05, 0) is 43.2 Å². The molecule has 5 nitrogen and oxygen atoms in total. The smallest absolute Gasteiger partial charge is 0.251 e. The number of carbonyl (C=O) groups is 1. The summed E-state index contributed by atoms with van der Waals surface area (Å²) in [6.45, 7) is 1.93. The number of aryl methyl sites for hydroxylation is 1. The van der Waals surface area contributed by atoms with Crippen molar-refractivity contribution in [3.63, 3.8) is 0 Å². The molecular weight excluding hydrogens is 314 g/mol. The summed E-state index contributed by atoms with van der Waals surface area (Å²) < 4.78 is 28.0. The lowest BCUT2D eigenvalue weighted by atomic mass is 10.1. The molecule has 1 atom stereocenters. The minimum absolute atomic E-state index is 0.00818. The summed E-state index contributed by atoms with van der Waals surface area (Å²) in [5.74, 6) is 0.621. The molecule has 1 heterocycles. The third-order valence-electron chi connectivity index (χ3n) is 3.40. The topological polar surface area (TPSA) is 76.4 Å². The maximum absolute atomic E-state index is 12.3. The third kappa shape index (κ3) is 5.90. The van der Waals surface area contributed by atoms with Crippen LogP contribution in [-0.2, 0) is 22.0 Å². The number of nitrogens with one attached hydrogen (secondary N) is 1. The average molecular weight is 335 g/mol. The Balaban J connectivity index is 1.93. The molecule has 0 saturated carbocycles. The van der Waals surface area contributed by atoms with Gasteiger partial charge in [0, 0.05) is 24.3 Å². The molecule has 0 fully saturated rings. The largest absolute Gasteiger partial charge is 0.469 e. The fourth-order valence-electron chi connectivity index (χ4n) is 2.30. The molecule has 1 aromatic heterocycles. The number of sulfone groups is 1. The van der Waals surface area contributed by atoms with Crippen LogP contribution in [0, 0.1) is 0 Å². The Morgan fingerprint density at radius 2 is 2.04 bits per heavy atom. The summed E-state index contributed by atoms with van der Waals surface area (Å²) in [7, 11) is -3.12. The van der Waals surface area contributed by atoms with Gasteiger partial charge < -0.3 is 9.73 Å². The summed E-state index contributed by atoms with van der Waals surface area (Å²) in [6, 6.07) is 10.4. The van der Waals surface area contributed by atoms with Crippen molar-refractivity contribution < 1.29 is 17.6 Å². The van der Waals surface area contributed by atoms with E-state index < -0.39 is 9.84 Å². The highest BCUT2D eigenvalue weighted by molar-refractivity contribution is 7.89. The van der Waals surface area contributed by atoms with Crippen molar-refractivity contribution in [1.29, 1.82) is 0 Å². The van der Waals surface area contributed by atoms with Gasteiger partial charge in [-0.15, -0.1) is 0 Å². The molecule has 0 aliphatic heterocycles. The molecule has 1 unspecified atom stereocenters. The van der Waals surface area contributed by atoms with E-state index >= 15 is 0 Å². The van der Waals surface area contributed by atoms with Crippen LogP contribution in [0.4, 0.5) is 0 Å². The normalized spacial score (nSPS) is 12.8. The highest BCUT2D eigenvalue weighted by Crippen LogP contribution is 2.10. The molecule has 0 radical (unpaired) electrons. The van der Waals surface area contributed by atoms with Crippen LogP contribution in [0.2, 0.25) is 0 Å². The lowest BCUT2D eigenvalue weighted by Crippen LogP contribution is -2.32. The fraction of sp³-hybridized carbons (Fsp3) is 0.353. The van der Waals surface area contributed by atoms with Crippen LogP contribution in [0.25, 0.3) is 0 Å². The van der Waals surface area contributed by atoms with Crippen molar-refractivity contribution >= 4 is 15.7 Å². The predicted octanol–water partition coefficient (Wildman–Crippen LogP) is 2.58. The van der Waals surface area contributed by atoms with Crippen LogP contribution < -0.4 is 5.32 Å². The maximum Gasteiger partial charge on any atom is 0.251 e. The van der Waals surface area contributed by atoms with E-state index in [4.69, 9.17) is 4.42 Å². The van der Waals surface area contributed by atoms with Crippen LogP contribution in [-0.4, -0.2) is 26.6 Å². The van der Waals surface area contributed by atoms with E-state index in [1.165, 1.54) is 6.26 Å². The lowest BCUT2D eigenvalue weighted by Gasteiger charge is -2.13. The summed E-state index contributed by atoms with van der Waals surface area (Å²) in [6.07, 6.45) is 4.33. The lowest BCUT2D eigenvalue weighted by molar-refractivity contribution is 0.0938. The highest BCUT2D eigenvalue weighted by Gasteiger charge is 2.12. The standard InChI is InChI=1S/C17H21NO4S/c1-13(8-9-16-7-4-10-22-16)18-17(19)15-6-3-5-14(11-15)12-23(2,20)21/h3-7,10-11,13H,8-9,12H2,1-2H3,(H,18,19). The van der Waals surface area contributed by atoms with Gasteiger partial charge in [0.2, 0.25) is 0 Å². The number of carbonyl (C=O) groups excluding carboxylic acids is 1. The van der Waals surface area contributed by atoms with E-state index in [2.05, 4.69) is 5.32 Å². The maximum atomic E-state index is 12.3. The predicted molar refractivity (Wildman–Crippen MR) is 88.9 cm³/mol. The number of benzene rings is 1. The molecule has 0 saturated heterocycles. The molecule has 0 bridgehead atoms. The third-order valence-corrected chi connectivity index (χ3v) is 4.26.